The van der Waals surface area contributed by atoms with Crippen LogP contribution in [0.3, 0.4) is 0 Å². The van der Waals surface area contributed by atoms with E-state index in [0.717, 1.165) is 16.0 Å². The van der Waals surface area contributed by atoms with Crippen molar-refractivity contribution in [2.45, 2.75) is 31.7 Å². The van der Waals surface area contributed by atoms with Crippen molar-refractivity contribution in [3.63, 3.8) is 0 Å². The number of anilines is 1. The molecule has 2 aromatic carbocycles. The number of carbonyl (C=O) groups is 1. The second-order valence-corrected chi connectivity index (χ2v) is 10.5. The molecule has 1 atom stereocenters. The Labute approximate surface area is 187 Å². The van der Waals surface area contributed by atoms with E-state index < -0.39 is 10.0 Å². The lowest BCUT2D eigenvalue weighted by molar-refractivity contribution is -0.917. The van der Waals surface area contributed by atoms with E-state index in [4.69, 9.17) is 23.2 Å². The average Bonchev–Trinajstić information content (AvgIpc) is 2.68. The maximum atomic E-state index is 13.0. The van der Waals surface area contributed by atoms with Gasteiger partial charge in [-0.25, -0.2) is 8.42 Å². The molecule has 9 heteroatoms. The number of amides is 1. The Morgan fingerprint density at radius 2 is 1.63 bits per heavy atom. The van der Waals surface area contributed by atoms with E-state index in [2.05, 4.69) is 5.32 Å². The summed E-state index contributed by atoms with van der Waals surface area (Å²) in [7, 11) is -3.54. The number of benzene rings is 2. The third-order valence-corrected chi connectivity index (χ3v) is 7.95. The highest BCUT2D eigenvalue weighted by molar-refractivity contribution is 7.89. The largest absolute Gasteiger partial charge is 0.323 e. The van der Waals surface area contributed by atoms with Gasteiger partial charge in [0.15, 0.2) is 6.04 Å². The molecule has 30 heavy (non-hydrogen) atoms. The van der Waals surface area contributed by atoms with Gasteiger partial charge in [-0.15, -0.1) is 0 Å². The molecule has 0 aromatic heterocycles. The molecule has 1 heterocycles. The Balaban J connectivity index is 1.62. The third kappa shape index (κ3) is 5.15. The van der Waals surface area contributed by atoms with Crippen LogP contribution in [0.1, 0.15) is 18.1 Å². The predicted octanol–water partition coefficient (Wildman–Crippen LogP) is 2.53. The number of quaternary nitrogens is 1. The van der Waals surface area contributed by atoms with Gasteiger partial charge in [0.05, 0.1) is 31.1 Å². The highest BCUT2D eigenvalue weighted by Gasteiger charge is 2.34. The lowest BCUT2D eigenvalue weighted by Gasteiger charge is -2.34. The van der Waals surface area contributed by atoms with Gasteiger partial charge in [0.25, 0.3) is 5.91 Å². The van der Waals surface area contributed by atoms with E-state index >= 15 is 0 Å². The fourth-order valence-electron chi connectivity index (χ4n) is 3.53. The molecule has 0 radical (unpaired) electrons. The van der Waals surface area contributed by atoms with Crippen molar-refractivity contribution in [2.75, 3.05) is 31.5 Å². The number of hydrogen-bond donors (Lipinski definition) is 2. The molecular formula is C21H26Cl2N3O3S+. The smallest absolute Gasteiger partial charge is 0.282 e. The lowest BCUT2D eigenvalue weighted by atomic mass is 10.1. The molecule has 0 aliphatic carbocycles. The van der Waals surface area contributed by atoms with Gasteiger partial charge in [-0.3, -0.25) is 4.79 Å². The van der Waals surface area contributed by atoms with Crippen molar-refractivity contribution in [2.24, 2.45) is 0 Å². The summed E-state index contributed by atoms with van der Waals surface area (Å²) in [5.41, 5.74) is 2.55. The second kappa shape index (κ2) is 9.24. The molecule has 0 spiro atoms. The Kier molecular flexibility index (Phi) is 7.09. The summed E-state index contributed by atoms with van der Waals surface area (Å²) in [6.07, 6.45) is 0. The first kappa shape index (κ1) is 23.0. The van der Waals surface area contributed by atoms with Gasteiger partial charge in [-0.05, 0) is 62.2 Å². The van der Waals surface area contributed by atoms with Crippen LogP contribution in [0.25, 0.3) is 0 Å². The van der Waals surface area contributed by atoms with Crippen LogP contribution in [-0.4, -0.2) is 50.9 Å². The van der Waals surface area contributed by atoms with Crippen LogP contribution in [0.4, 0.5) is 5.69 Å². The standard InChI is InChI=1S/C21H25Cl2N3O3S/c1-14-4-5-20(10-15(14)2)30(28,29)26-8-6-25(7-9-26)16(3)21(27)24-19-12-17(22)11-18(23)13-19/h4-5,10-13,16H,6-9H2,1-3H3,(H,24,27)/p+1/t16-/m0/s1. The van der Waals surface area contributed by atoms with E-state index in [1.807, 2.05) is 26.8 Å². The normalized spacial score (nSPS) is 17.0. The quantitative estimate of drug-likeness (QED) is 0.704. The third-order valence-electron chi connectivity index (χ3n) is 5.62. The first-order valence-corrected chi connectivity index (χ1v) is 12.0. The molecule has 1 saturated heterocycles. The van der Waals surface area contributed by atoms with E-state index in [1.54, 1.807) is 30.3 Å². The lowest BCUT2D eigenvalue weighted by Crippen LogP contribution is -3.19. The molecule has 1 aliphatic rings. The topological polar surface area (TPSA) is 70.9 Å². The number of nitrogens with zero attached hydrogens (tertiary/aromatic N) is 1. The summed E-state index contributed by atoms with van der Waals surface area (Å²) < 4.78 is 27.5. The zero-order valence-electron chi connectivity index (χ0n) is 17.2. The Morgan fingerprint density at radius 1 is 1.03 bits per heavy atom. The van der Waals surface area contributed by atoms with Crippen molar-refractivity contribution in [3.05, 3.63) is 57.6 Å². The fraction of sp³-hybridized carbons (Fsp3) is 0.381. The van der Waals surface area contributed by atoms with E-state index in [-0.39, 0.29) is 11.9 Å². The van der Waals surface area contributed by atoms with Crippen LogP contribution < -0.4 is 10.2 Å². The van der Waals surface area contributed by atoms with Crippen LogP contribution in [-0.2, 0) is 14.8 Å². The second-order valence-electron chi connectivity index (χ2n) is 7.68. The molecule has 3 rings (SSSR count). The average molecular weight is 471 g/mol. The molecule has 1 fully saturated rings. The Hall–Kier alpha value is -1.64. The minimum Gasteiger partial charge on any atom is -0.323 e. The predicted molar refractivity (Wildman–Crippen MR) is 120 cm³/mol. The zero-order chi connectivity index (χ0) is 22.1. The molecular weight excluding hydrogens is 445 g/mol. The number of halogens is 2. The minimum atomic E-state index is -3.54. The minimum absolute atomic E-state index is 0.159. The number of carbonyl (C=O) groups excluding carboxylic acids is 1. The van der Waals surface area contributed by atoms with Crippen molar-refractivity contribution in [1.82, 2.24) is 4.31 Å². The first-order valence-electron chi connectivity index (χ1n) is 9.77. The molecule has 2 aromatic rings. The van der Waals surface area contributed by atoms with Crippen LogP contribution in [0.15, 0.2) is 41.3 Å². The van der Waals surface area contributed by atoms with Crippen molar-refractivity contribution < 1.29 is 18.1 Å². The number of piperazine rings is 1. The van der Waals surface area contributed by atoms with Crippen LogP contribution >= 0.6 is 23.2 Å². The van der Waals surface area contributed by atoms with Gasteiger partial charge >= 0.3 is 0 Å². The van der Waals surface area contributed by atoms with Crippen LogP contribution in [0.5, 0.6) is 0 Å². The van der Waals surface area contributed by atoms with Crippen LogP contribution in [0.2, 0.25) is 10.0 Å². The number of nitrogens with one attached hydrogen (secondary N) is 2. The molecule has 162 valence electrons. The molecule has 1 aliphatic heterocycles. The van der Waals surface area contributed by atoms with Crippen LogP contribution in [0, 0.1) is 13.8 Å². The van der Waals surface area contributed by atoms with Gasteiger partial charge in [-0.1, -0.05) is 29.3 Å². The maximum absolute atomic E-state index is 13.0. The van der Waals surface area contributed by atoms with Gasteiger partial charge in [0.1, 0.15) is 0 Å². The Morgan fingerprint density at radius 3 is 2.20 bits per heavy atom. The van der Waals surface area contributed by atoms with Crippen molar-refractivity contribution >= 4 is 44.8 Å². The Bertz CT molecular complexity index is 1030. The highest BCUT2D eigenvalue weighted by Crippen LogP contribution is 2.22. The summed E-state index contributed by atoms with van der Waals surface area (Å²) in [6, 6.07) is 9.75. The van der Waals surface area contributed by atoms with Gasteiger partial charge in [-0.2, -0.15) is 4.31 Å². The van der Waals surface area contributed by atoms with Gasteiger partial charge in [0.2, 0.25) is 10.0 Å². The summed E-state index contributed by atoms with van der Waals surface area (Å²) in [5, 5.41) is 3.73. The molecule has 0 unspecified atom stereocenters. The highest BCUT2D eigenvalue weighted by atomic mass is 35.5. The van der Waals surface area contributed by atoms with Gasteiger partial charge in [0, 0.05) is 15.7 Å². The molecule has 1 amide bonds. The van der Waals surface area contributed by atoms with Crippen molar-refractivity contribution in [1.29, 1.82) is 0 Å². The summed E-state index contributed by atoms with van der Waals surface area (Å²) >= 11 is 12.0. The van der Waals surface area contributed by atoms with Crippen molar-refractivity contribution in [3.8, 4) is 0 Å². The number of hydrogen-bond acceptors (Lipinski definition) is 3. The first-order chi connectivity index (χ1) is 14.1. The molecule has 0 bridgehead atoms. The van der Waals surface area contributed by atoms with E-state index in [9.17, 15) is 13.2 Å². The summed E-state index contributed by atoms with van der Waals surface area (Å²) in [4.78, 5) is 14.0. The summed E-state index contributed by atoms with van der Waals surface area (Å²) in [6.45, 7) is 7.53. The molecule has 2 N–H and O–H groups in total. The monoisotopic (exact) mass is 470 g/mol. The number of sulfonamides is 1. The molecule has 0 saturated carbocycles. The maximum Gasteiger partial charge on any atom is 0.282 e. The van der Waals surface area contributed by atoms with E-state index in [0.29, 0.717) is 46.8 Å². The number of rotatable bonds is 5. The molecule has 6 nitrogen and oxygen atoms in total. The SMILES string of the molecule is Cc1ccc(S(=O)(=O)N2CC[NH+]([C@@H](C)C(=O)Nc3cc(Cl)cc(Cl)c3)CC2)cc1C. The fourth-order valence-corrected chi connectivity index (χ4v) is 5.59. The van der Waals surface area contributed by atoms with E-state index in [1.165, 1.54) is 4.31 Å². The van der Waals surface area contributed by atoms with Gasteiger partial charge < -0.3 is 10.2 Å². The zero-order valence-corrected chi connectivity index (χ0v) is 19.5. The summed E-state index contributed by atoms with van der Waals surface area (Å²) in [5.74, 6) is -0.159. The number of aryl methyl sites for hydroxylation is 2.